The zero-order valence-corrected chi connectivity index (χ0v) is 15.6. The number of pyridine rings is 1. The summed E-state index contributed by atoms with van der Waals surface area (Å²) in [7, 11) is 0. The van der Waals surface area contributed by atoms with Crippen molar-refractivity contribution in [2.75, 3.05) is 43.1 Å². The highest BCUT2D eigenvalue weighted by Gasteiger charge is 2.16. The second kappa shape index (κ2) is 8.67. The molecule has 1 aliphatic rings. The number of nitrogens with one attached hydrogen (secondary N) is 1. The van der Waals surface area contributed by atoms with Crippen molar-refractivity contribution in [3.63, 3.8) is 0 Å². The van der Waals surface area contributed by atoms with Gasteiger partial charge in [0.25, 0.3) is 0 Å². The molecule has 144 valence electrons. The standard InChI is InChI=1S/C21H23N5O2/c27-18-6-3-4-16(14-18)21-24-19(23-9-7-17-5-1-2-8-22-17)15-20(25-21)26-10-12-28-13-11-26/h1-6,8,14-15,27H,7,9-13H2,(H,23,24,25). The van der Waals surface area contributed by atoms with Crippen LogP contribution in [-0.2, 0) is 11.2 Å². The van der Waals surface area contributed by atoms with Crippen molar-refractivity contribution in [1.29, 1.82) is 0 Å². The Kier molecular flexibility index (Phi) is 5.63. The number of nitrogens with zero attached hydrogens (tertiary/aromatic N) is 4. The van der Waals surface area contributed by atoms with Gasteiger partial charge in [0.2, 0.25) is 0 Å². The Morgan fingerprint density at radius 1 is 1.04 bits per heavy atom. The molecule has 0 radical (unpaired) electrons. The van der Waals surface area contributed by atoms with Crippen molar-refractivity contribution >= 4 is 11.6 Å². The largest absolute Gasteiger partial charge is 0.508 e. The van der Waals surface area contributed by atoms with E-state index in [-0.39, 0.29) is 5.75 Å². The van der Waals surface area contributed by atoms with Crippen LogP contribution < -0.4 is 10.2 Å². The second-order valence-corrected chi connectivity index (χ2v) is 6.58. The molecular formula is C21H23N5O2. The van der Waals surface area contributed by atoms with E-state index in [1.807, 2.05) is 30.3 Å². The fraction of sp³-hybridized carbons (Fsp3) is 0.286. The maximum Gasteiger partial charge on any atom is 0.163 e. The van der Waals surface area contributed by atoms with Crippen LogP contribution in [0.1, 0.15) is 5.69 Å². The van der Waals surface area contributed by atoms with Gasteiger partial charge in [-0.1, -0.05) is 18.2 Å². The third-order valence-corrected chi connectivity index (χ3v) is 4.57. The Bertz CT molecular complexity index is 914. The molecule has 4 rings (SSSR count). The highest BCUT2D eigenvalue weighted by Crippen LogP contribution is 2.25. The Morgan fingerprint density at radius 3 is 2.71 bits per heavy atom. The van der Waals surface area contributed by atoms with Crippen molar-refractivity contribution < 1.29 is 9.84 Å². The van der Waals surface area contributed by atoms with Crippen LogP contribution in [0.4, 0.5) is 11.6 Å². The fourth-order valence-electron chi connectivity index (χ4n) is 3.12. The van der Waals surface area contributed by atoms with E-state index >= 15 is 0 Å². The van der Waals surface area contributed by atoms with E-state index in [0.29, 0.717) is 19.0 Å². The summed E-state index contributed by atoms with van der Waals surface area (Å²) >= 11 is 0. The predicted molar refractivity (Wildman–Crippen MR) is 109 cm³/mol. The number of hydrogen-bond donors (Lipinski definition) is 2. The first-order chi connectivity index (χ1) is 13.8. The van der Waals surface area contributed by atoms with E-state index in [2.05, 4.69) is 20.2 Å². The Hall–Kier alpha value is -3.19. The van der Waals surface area contributed by atoms with Crippen LogP contribution >= 0.6 is 0 Å². The van der Waals surface area contributed by atoms with Crippen molar-refractivity contribution in [2.45, 2.75) is 6.42 Å². The lowest BCUT2D eigenvalue weighted by Crippen LogP contribution is -2.36. The number of anilines is 2. The molecule has 0 atom stereocenters. The number of morpholine rings is 1. The molecule has 3 heterocycles. The van der Waals surface area contributed by atoms with Crippen molar-refractivity contribution in [1.82, 2.24) is 15.0 Å². The molecule has 2 N–H and O–H groups in total. The lowest BCUT2D eigenvalue weighted by Gasteiger charge is -2.28. The molecule has 0 spiro atoms. The minimum atomic E-state index is 0.197. The SMILES string of the molecule is Oc1cccc(-c2nc(NCCc3ccccn3)cc(N3CCOCC3)n2)c1. The van der Waals surface area contributed by atoms with Gasteiger partial charge in [0.1, 0.15) is 17.4 Å². The highest BCUT2D eigenvalue weighted by atomic mass is 16.5. The molecule has 7 heteroatoms. The summed E-state index contributed by atoms with van der Waals surface area (Å²) in [4.78, 5) is 15.9. The number of phenols is 1. The minimum Gasteiger partial charge on any atom is -0.508 e. The molecule has 3 aromatic rings. The van der Waals surface area contributed by atoms with Crippen LogP contribution in [0.15, 0.2) is 54.7 Å². The zero-order valence-electron chi connectivity index (χ0n) is 15.6. The Labute approximate surface area is 164 Å². The third kappa shape index (κ3) is 4.55. The summed E-state index contributed by atoms with van der Waals surface area (Å²) in [5, 5.41) is 13.2. The Balaban J connectivity index is 1.57. The van der Waals surface area contributed by atoms with E-state index in [4.69, 9.17) is 9.72 Å². The molecule has 1 fully saturated rings. The number of hydrogen-bond acceptors (Lipinski definition) is 7. The van der Waals surface area contributed by atoms with E-state index in [1.54, 1.807) is 24.4 Å². The van der Waals surface area contributed by atoms with Gasteiger partial charge in [-0.15, -0.1) is 0 Å². The molecule has 0 amide bonds. The lowest BCUT2D eigenvalue weighted by molar-refractivity contribution is 0.122. The molecule has 1 aromatic carbocycles. The summed E-state index contributed by atoms with van der Waals surface area (Å²) < 4.78 is 5.46. The Morgan fingerprint density at radius 2 is 1.93 bits per heavy atom. The van der Waals surface area contributed by atoms with Crippen molar-refractivity contribution in [3.05, 3.63) is 60.4 Å². The second-order valence-electron chi connectivity index (χ2n) is 6.58. The van der Waals surface area contributed by atoms with Gasteiger partial charge in [-0.25, -0.2) is 9.97 Å². The first kappa shape index (κ1) is 18.2. The van der Waals surface area contributed by atoms with Gasteiger partial charge in [0.05, 0.1) is 13.2 Å². The van der Waals surface area contributed by atoms with Gasteiger partial charge in [0, 0.05) is 49.6 Å². The van der Waals surface area contributed by atoms with Crippen molar-refractivity contribution in [3.8, 4) is 17.1 Å². The molecule has 2 aromatic heterocycles. The summed E-state index contributed by atoms with van der Waals surface area (Å²) in [6, 6.07) is 14.9. The molecule has 1 aliphatic heterocycles. The van der Waals surface area contributed by atoms with Crippen LogP contribution in [0.2, 0.25) is 0 Å². The summed E-state index contributed by atoms with van der Waals surface area (Å²) in [6.45, 7) is 3.69. The summed E-state index contributed by atoms with van der Waals surface area (Å²) in [5.74, 6) is 2.39. The van der Waals surface area contributed by atoms with Gasteiger partial charge in [0.15, 0.2) is 5.82 Å². The average Bonchev–Trinajstić information content (AvgIpc) is 2.75. The number of rotatable bonds is 6. The molecule has 0 aliphatic carbocycles. The molecular weight excluding hydrogens is 354 g/mol. The first-order valence-electron chi connectivity index (χ1n) is 9.43. The van der Waals surface area contributed by atoms with E-state index in [9.17, 15) is 5.11 Å². The average molecular weight is 377 g/mol. The monoisotopic (exact) mass is 377 g/mol. The van der Waals surface area contributed by atoms with Gasteiger partial charge in [-0.2, -0.15) is 0 Å². The zero-order chi connectivity index (χ0) is 19.2. The molecule has 28 heavy (non-hydrogen) atoms. The minimum absolute atomic E-state index is 0.197. The molecule has 0 saturated carbocycles. The number of phenolic OH excluding ortho intramolecular Hbond substituents is 1. The number of aromatic nitrogens is 3. The smallest absolute Gasteiger partial charge is 0.163 e. The predicted octanol–water partition coefficient (Wildman–Crippen LogP) is 2.74. The summed E-state index contributed by atoms with van der Waals surface area (Å²) in [5.41, 5.74) is 1.81. The molecule has 0 unspecified atom stereocenters. The highest BCUT2D eigenvalue weighted by molar-refractivity contribution is 5.63. The van der Waals surface area contributed by atoms with Gasteiger partial charge < -0.3 is 20.1 Å². The third-order valence-electron chi connectivity index (χ3n) is 4.57. The van der Waals surface area contributed by atoms with Crippen LogP contribution in [0.5, 0.6) is 5.75 Å². The number of aromatic hydroxyl groups is 1. The first-order valence-corrected chi connectivity index (χ1v) is 9.43. The topological polar surface area (TPSA) is 83.4 Å². The van der Waals surface area contributed by atoms with Crippen molar-refractivity contribution in [2.24, 2.45) is 0 Å². The van der Waals surface area contributed by atoms with Crippen LogP contribution in [0, 0.1) is 0 Å². The lowest BCUT2D eigenvalue weighted by atomic mass is 10.2. The molecule has 7 nitrogen and oxygen atoms in total. The fourth-order valence-corrected chi connectivity index (χ4v) is 3.12. The van der Waals surface area contributed by atoms with E-state index < -0.39 is 0 Å². The quantitative estimate of drug-likeness (QED) is 0.683. The number of ether oxygens (including phenoxy) is 1. The van der Waals surface area contributed by atoms with E-state index in [0.717, 1.165) is 48.9 Å². The van der Waals surface area contributed by atoms with E-state index in [1.165, 1.54) is 0 Å². The molecule has 0 bridgehead atoms. The summed E-state index contributed by atoms with van der Waals surface area (Å²) in [6.07, 6.45) is 2.61. The van der Waals surface area contributed by atoms with Gasteiger partial charge >= 0.3 is 0 Å². The van der Waals surface area contributed by atoms with Gasteiger partial charge in [-0.05, 0) is 24.3 Å². The van der Waals surface area contributed by atoms with Crippen LogP contribution in [-0.4, -0.2) is 52.9 Å². The molecule has 1 saturated heterocycles. The normalized spacial score (nSPS) is 14.1. The number of benzene rings is 1. The van der Waals surface area contributed by atoms with Crippen LogP contribution in [0.3, 0.4) is 0 Å². The maximum atomic E-state index is 9.82. The maximum absolute atomic E-state index is 9.82. The van der Waals surface area contributed by atoms with Gasteiger partial charge in [-0.3, -0.25) is 4.98 Å². The van der Waals surface area contributed by atoms with Crippen LogP contribution in [0.25, 0.3) is 11.4 Å².